The van der Waals surface area contributed by atoms with Crippen LogP contribution in [0.15, 0.2) is 39.8 Å². The molecule has 176 valence electrons. The van der Waals surface area contributed by atoms with E-state index in [4.69, 9.17) is 4.52 Å². The average Bonchev–Trinajstić information content (AvgIpc) is 3.15. The number of nitrogens with one attached hydrogen (secondary N) is 1. The van der Waals surface area contributed by atoms with E-state index in [9.17, 15) is 13.2 Å². The number of likely N-dealkylation sites (tertiary alicyclic amines) is 1. The van der Waals surface area contributed by atoms with Crippen LogP contribution in [0.25, 0.3) is 0 Å². The van der Waals surface area contributed by atoms with Crippen molar-refractivity contribution in [2.75, 3.05) is 38.0 Å². The van der Waals surface area contributed by atoms with Crippen molar-refractivity contribution in [2.45, 2.75) is 57.3 Å². The quantitative estimate of drug-likeness (QED) is 0.646. The summed E-state index contributed by atoms with van der Waals surface area (Å²) >= 11 is 0. The molecule has 0 saturated carbocycles. The Morgan fingerprint density at radius 2 is 1.81 bits per heavy atom. The van der Waals surface area contributed by atoms with Gasteiger partial charge in [-0.15, -0.1) is 0 Å². The smallest absolute Gasteiger partial charge is 0.243 e. The maximum absolute atomic E-state index is 13.5. The Labute approximate surface area is 191 Å². The van der Waals surface area contributed by atoms with E-state index in [-0.39, 0.29) is 29.2 Å². The zero-order valence-electron chi connectivity index (χ0n) is 19.4. The lowest BCUT2D eigenvalue weighted by molar-refractivity contribution is -0.116. The third kappa shape index (κ3) is 6.40. The summed E-state index contributed by atoms with van der Waals surface area (Å²) < 4.78 is 33.1. The molecule has 2 aromatic rings. The van der Waals surface area contributed by atoms with Crippen LogP contribution >= 0.6 is 0 Å². The first-order valence-corrected chi connectivity index (χ1v) is 12.6. The Hall–Kier alpha value is -2.23. The SMILES string of the molecule is Cc1cc(NC(=O)CN(CCN2CCCCC2)S(=O)(=O)c2ccc(C(C)(C)C)cc2)no1. The molecule has 0 unspecified atom stereocenters. The minimum absolute atomic E-state index is 0.0775. The van der Waals surface area contributed by atoms with E-state index in [1.54, 1.807) is 25.1 Å². The van der Waals surface area contributed by atoms with Crippen LogP contribution in [0.2, 0.25) is 0 Å². The number of sulfonamides is 1. The van der Waals surface area contributed by atoms with E-state index in [1.807, 2.05) is 12.1 Å². The lowest BCUT2D eigenvalue weighted by atomic mass is 9.87. The standard InChI is InChI=1S/C23H34N4O4S/c1-18-16-21(25-31-18)24-22(28)17-27(15-14-26-12-6-5-7-13-26)32(29,30)20-10-8-19(9-11-20)23(2,3)4/h8-11,16H,5-7,12-15,17H2,1-4H3,(H,24,25,28). The number of hydrogen-bond acceptors (Lipinski definition) is 6. The number of piperidine rings is 1. The molecular formula is C23H34N4O4S. The van der Waals surface area contributed by atoms with Crippen molar-refractivity contribution in [3.8, 4) is 0 Å². The molecule has 0 radical (unpaired) electrons. The number of anilines is 1. The second-order valence-electron chi connectivity index (χ2n) is 9.39. The third-order valence-electron chi connectivity index (χ3n) is 5.69. The maximum Gasteiger partial charge on any atom is 0.243 e. The number of aromatic nitrogens is 1. The van der Waals surface area contributed by atoms with Crippen LogP contribution in [0.5, 0.6) is 0 Å². The van der Waals surface area contributed by atoms with Crippen molar-refractivity contribution in [2.24, 2.45) is 0 Å². The van der Waals surface area contributed by atoms with Crippen LogP contribution in [-0.2, 0) is 20.2 Å². The molecule has 1 aromatic carbocycles. The largest absolute Gasteiger partial charge is 0.360 e. The maximum atomic E-state index is 13.5. The van der Waals surface area contributed by atoms with Crippen LogP contribution in [0.4, 0.5) is 5.82 Å². The van der Waals surface area contributed by atoms with Gasteiger partial charge >= 0.3 is 0 Å². The third-order valence-corrected chi connectivity index (χ3v) is 7.55. The molecule has 8 nitrogen and oxygen atoms in total. The van der Waals surface area contributed by atoms with Crippen molar-refractivity contribution < 1.29 is 17.7 Å². The summed E-state index contributed by atoms with van der Waals surface area (Å²) in [5, 5.41) is 6.37. The highest BCUT2D eigenvalue weighted by atomic mass is 32.2. The summed E-state index contributed by atoms with van der Waals surface area (Å²) in [7, 11) is -3.84. The van der Waals surface area contributed by atoms with Gasteiger partial charge in [-0.2, -0.15) is 4.31 Å². The van der Waals surface area contributed by atoms with E-state index in [0.29, 0.717) is 12.3 Å². The molecule has 1 aliphatic heterocycles. The van der Waals surface area contributed by atoms with Crippen molar-refractivity contribution in [1.29, 1.82) is 0 Å². The first-order valence-electron chi connectivity index (χ1n) is 11.1. The second kappa shape index (κ2) is 10.1. The second-order valence-corrected chi connectivity index (χ2v) is 11.3. The summed E-state index contributed by atoms with van der Waals surface area (Å²) in [6.07, 6.45) is 3.44. The fourth-order valence-corrected chi connectivity index (χ4v) is 5.15. The summed E-state index contributed by atoms with van der Waals surface area (Å²) in [6.45, 7) is 10.4. The zero-order chi connectivity index (χ0) is 23.4. The molecule has 1 N–H and O–H groups in total. The molecule has 1 amide bonds. The summed E-state index contributed by atoms with van der Waals surface area (Å²) in [5.41, 5.74) is 0.974. The molecule has 0 aliphatic carbocycles. The Bertz CT molecular complexity index is 1000. The lowest BCUT2D eigenvalue weighted by Gasteiger charge is -2.29. The number of amides is 1. The molecule has 9 heteroatoms. The van der Waals surface area contributed by atoms with Gasteiger partial charge in [0.1, 0.15) is 5.76 Å². The number of benzene rings is 1. The van der Waals surface area contributed by atoms with Gasteiger partial charge in [-0.3, -0.25) is 4.79 Å². The molecule has 1 saturated heterocycles. The molecule has 1 aromatic heterocycles. The van der Waals surface area contributed by atoms with E-state index in [1.165, 1.54) is 10.7 Å². The van der Waals surface area contributed by atoms with Gasteiger partial charge in [-0.1, -0.05) is 44.5 Å². The molecular weight excluding hydrogens is 428 g/mol. The van der Waals surface area contributed by atoms with Gasteiger partial charge in [0.05, 0.1) is 11.4 Å². The highest BCUT2D eigenvalue weighted by Crippen LogP contribution is 2.25. The Morgan fingerprint density at radius 1 is 1.16 bits per heavy atom. The number of rotatable bonds is 8. The van der Waals surface area contributed by atoms with Crippen molar-refractivity contribution in [1.82, 2.24) is 14.4 Å². The number of hydrogen-bond donors (Lipinski definition) is 1. The van der Waals surface area contributed by atoms with Gasteiger partial charge in [0, 0.05) is 19.2 Å². The van der Waals surface area contributed by atoms with E-state index >= 15 is 0 Å². The zero-order valence-corrected chi connectivity index (χ0v) is 20.2. The number of carbonyl (C=O) groups excluding carboxylic acids is 1. The Morgan fingerprint density at radius 3 is 2.38 bits per heavy atom. The molecule has 1 fully saturated rings. The predicted molar refractivity (Wildman–Crippen MR) is 124 cm³/mol. The normalized spacial score (nSPS) is 15.8. The minimum Gasteiger partial charge on any atom is -0.360 e. The minimum atomic E-state index is -3.84. The van der Waals surface area contributed by atoms with Crippen LogP contribution in [0.3, 0.4) is 0 Å². The first-order chi connectivity index (χ1) is 15.1. The van der Waals surface area contributed by atoms with Gasteiger partial charge in [-0.25, -0.2) is 8.42 Å². The number of nitrogens with zero attached hydrogens (tertiary/aromatic N) is 3. The molecule has 2 heterocycles. The van der Waals surface area contributed by atoms with Gasteiger partial charge in [0.15, 0.2) is 5.82 Å². The highest BCUT2D eigenvalue weighted by molar-refractivity contribution is 7.89. The van der Waals surface area contributed by atoms with Gasteiger partial charge in [0.25, 0.3) is 0 Å². The predicted octanol–water partition coefficient (Wildman–Crippen LogP) is 3.40. The molecule has 0 bridgehead atoms. The number of carbonyl (C=O) groups is 1. The fourth-order valence-electron chi connectivity index (χ4n) is 3.76. The summed E-state index contributed by atoms with van der Waals surface area (Å²) in [5.74, 6) is 0.385. The van der Waals surface area contributed by atoms with E-state index in [0.717, 1.165) is 31.5 Å². The Kier molecular flexibility index (Phi) is 7.74. The van der Waals surface area contributed by atoms with E-state index < -0.39 is 15.9 Å². The van der Waals surface area contributed by atoms with Crippen LogP contribution in [0.1, 0.15) is 51.4 Å². The monoisotopic (exact) mass is 462 g/mol. The topological polar surface area (TPSA) is 95.8 Å². The highest BCUT2D eigenvalue weighted by Gasteiger charge is 2.28. The molecule has 0 atom stereocenters. The lowest BCUT2D eigenvalue weighted by Crippen LogP contribution is -2.43. The first kappa shape index (κ1) is 24.4. The van der Waals surface area contributed by atoms with Crippen molar-refractivity contribution in [3.05, 3.63) is 41.7 Å². The van der Waals surface area contributed by atoms with E-state index in [2.05, 4.69) is 36.1 Å². The summed E-state index contributed by atoms with van der Waals surface area (Å²) in [4.78, 5) is 15.1. The molecule has 32 heavy (non-hydrogen) atoms. The summed E-state index contributed by atoms with van der Waals surface area (Å²) in [6, 6.07) is 8.53. The van der Waals surface area contributed by atoms with Crippen molar-refractivity contribution >= 4 is 21.7 Å². The molecule has 0 spiro atoms. The van der Waals surface area contributed by atoms with Crippen LogP contribution < -0.4 is 5.32 Å². The van der Waals surface area contributed by atoms with Gasteiger partial charge in [0.2, 0.25) is 15.9 Å². The van der Waals surface area contributed by atoms with Gasteiger partial charge < -0.3 is 14.7 Å². The number of aryl methyl sites for hydroxylation is 1. The van der Waals surface area contributed by atoms with Crippen LogP contribution in [-0.4, -0.2) is 61.4 Å². The van der Waals surface area contributed by atoms with Crippen molar-refractivity contribution in [3.63, 3.8) is 0 Å². The van der Waals surface area contributed by atoms with Crippen LogP contribution in [0, 0.1) is 6.92 Å². The Balaban J connectivity index is 1.78. The molecule has 1 aliphatic rings. The molecule has 3 rings (SSSR count). The van der Waals surface area contributed by atoms with Gasteiger partial charge in [-0.05, 0) is 56.0 Å². The fraction of sp³-hybridized carbons (Fsp3) is 0.565. The average molecular weight is 463 g/mol.